The molecular weight excluding hydrogens is 537 g/mol. The second-order valence-corrected chi connectivity index (χ2v) is 10.4. The molecule has 0 saturated carbocycles. The molecule has 1 atom stereocenters. The Morgan fingerprint density at radius 1 is 1.21 bits per heavy atom. The Bertz CT molecular complexity index is 1630. The number of aryl methyl sites for hydroxylation is 1. The molecule has 204 valence electrons. The summed E-state index contributed by atoms with van der Waals surface area (Å²) in [7, 11) is 0. The van der Waals surface area contributed by atoms with Crippen LogP contribution in [0.1, 0.15) is 53.5 Å². The molecule has 1 amide bonds. The molecule has 1 unspecified atom stereocenters. The SMILES string of the molecule is Cc1cc(C(F)(F)F)nn1CC(=O)N1CCC(c2nc(C3=NOC(n4c(=O)oc5ccccc54)C3)cs2)CC1. The number of likely N-dealkylation sites (tertiary alicyclic amines) is 1. The molecule has 0 spiro atoms. The van der Waals surface area contributed by atoms with Crippen LogP contribution in [0.3, 0.4) is 0 Å². The molecule has 0 N–H and O–H groups in total. The summed E-state index contributed by atoms with van der Waals surface area (Å²) in [4.78, 5) is 37.1. The van der Waals surface area contributed by atoms with Crippen LogP contribution in [-0.2, 0) is 22.4 Å². The number of carbonyl (C=O) groups excluding carboxylic acids is 1. The summed E-state index contributed by atoms with van der Waals surface area (Å²) < 4.78 is 46.6. The van der Waals surface area contributed by atoms with Gasteiger partial charge in [0.2, 0.25) is 12.1 Å². The Hall–Kier alpha value is -3.94. The molecule has 39 heavy (non-hydrogen) atoms. The van der Waals surface area contributed by atoms with Crippen LogP contribution >= 0.6 is 11.3 Å². The highest BCUT2D eigenvalue weighted by Gasteiger charge is 2.35. The van der Waals surface area contributed by atoms with Crippen LogP contribution in [0, 0.1) is 6.92 Å². The summed E-state index contributed by atoms with van der Waals surface area (Å²) in [6, 6.07) is 8.06. The normalized spacial score (nSPS) is 18.5. The van der Waals surface area contributed by atoms with E-state index in [-0.39, 0.29) is 24.1 Å². The van der Waals surface area contributed by atoms with Crippen molar-refractivity contribution in [3.63, 3.8) is 0 Å². The van der Waals surface area contributed by atoms with Crippen molar-refractivity contribution in [3.05, 3.63) is 68.4 Å². The summed E-state index contributed by atoms with van der Waals surface area (Å²) >= 11 is 1.51. The van der Waals surface area contributed by atoms with Crippen LogP contribution in [0.4, 0.5) is 13.2 Å². The molecule has 2 aliphatic rings. The number of halogens is 3. The lowest BCUT2D eigenvalue weighted by atomic mass is 9.97. The van der Waals surface area contributed by atoms with Crippen LogP contribution in [0.5, 0.6) is 0 Å². The van der Waals surface area contributed by atoms with E-state index >= 15 is 0 Å². The average Bonchev–Trinajstić information content (AvgIpc) is 3.69. The van der Waals surface area contributed by atoms with E-state index in [9.17, 15) is 22.8 Å². The van der Waals surface area contributed by atoms with Crippen LogP contribution in [0.25, 0.3) is 11.1 Å². The van der Waals surface area contributed by atoms with Crippen molar-refractivity contribution in [1.29, 1.82) is 0 Å². The van der Waals surface area contributed by atoms with Gasteiger partial charge >= 0.3 is 11.9 Å². The lowest BCUT2D eigenvalue weighted by Gasteiger charge is -2.31. The zero-order valence-electron chi connectivity index (χ0n) is 20.7. The number of hydrogen-bond donors (Lipinski definition) is 0. The molecule has 3 aromatic heterocycles. The lowest BCUT2D eigenvalue weighted by Crippen LogP contribution is -2.40. The number of fused-ring (bicyclic) bond motifs is 1. The van der Waals surface area contributed by atoms with Gasteiger partial charge in [-0.05, 0) is 38.0 Å². The van der Waals surface area contributed by atoms with E-state index in [1.165, 1.54) is 22.8 Å². The molecule has 6 rings (SSSR count). The summed E-state index contributed by atoms with van der Waals surface area (Å²) in [5, 5.41) is 10.6. The van der Waals surface area contributed by atoms with E-state index in [4.69, 9.17) is 14.2 Å². The van der Waals surface area contributed by atoms with Gasteiger partial charge in [-0.2, -0.15) is 18.3 Å². The summed E-state index contributed by atoms with van der Waals surface area (Å²) in [6.45, 7) is 2.23. The third kappa shape index (κ3) is 4.84. The van der Waals surface area contributed by atoms with E-state index in [1.807, 2.05) is 11.4 Å². The first-order valence-electron chi connectivity index (χ1n) is 12.4. The number of nitrogens with zero attached hydrogens (tertiary/aromatic N) is 6. The minimum atomic E-state index is -4.55. The van der Waals surface area contributed by atoms with E-state index in [0.717, 1.165) is 15.8 Å². The van der Waals surface area contributed by atoms with Gasteiger partial charge in [0.1, 0.15) is 12.3 Å². The van der Waals surface area contributed by atoms with Crippen molar-refractivity contribution in [2.24, 2.45) is 5.16 Å². The fourth-order valence-corrected chi connectivity index (χ4v) is 5.93. The first-order valence-corrected chi connectivity index (χ1v) is 13.2. The molecule has 1 aromatic carbocycles. The molecule has 2 aliphatic heterocycles. The quantitative estimate of drug-likeness (QED) is 0.360. The number of para-hydroxylation sites is 2. The lowest BCUT2D eigenvalue weighted by molar-refractivity contribution is -0.142. The zero-order valence-corrected chi connectivity index (χ0v) is 21.5. The molecule has 4 aromatic rings. The highest BCUT2D eigenvalue weighted by molar-refractivity contribution is 7.10. The molecule has 0 aliphatic carbocycles. The zero-order chi connectivity index (χ0) is 27.3. The van der Waals surface area contributed by atoms with Gasteiger partial charge in [0.15, 0.2) is 11.3 Å². The molecular formula is C25H23F3N6O4S. The predicted molar refractivity (Wildman–Crippen MR) is 134 cm³/mol. The van der Waals surface area contributed by atoms with Gasteiger partial charge < -0.3 is 14.2 Å². The number of hydrogen-bond acceptors (Lipinski definition) is 8. The van der Waals surface area contributed by atoms with E-state index in [0.29, 0.717) is 54.9 Å². The van der Waals surface area contributed by atoms with E-state index in [1.54, 1.807) is 23.1 Å². The van der Waals surface area contributed by atoms with Crippen LogP contribution in [-0.4, -0.2) is 48.9 Å². The molecule has 14 heteroatoms. The molecule has 1 saturated heterocycles. The maximum Gasteiger partial charge on any atom is 0.435 e. The minimum absolute atomic E-state index is 0.148. The average molecular weight is 561 g/mol. The summed E-state index contributed by atoms with van der Waals surface area (Å²) in [5.74, 6) is -0.629. The topological polar surface area (TPSA) is 108 Å². The van der Waals surface area contributed by atoms with Gasteiger partial charge in [-0.3, -0.25) is 9.48 Å². The van der Waals surface area contributed by atoms with Crippen LogP contribution in [0.15, 0.2) is 50.1 Å². The number of thiazole rings is 1. The first kappa shape index (κ1) is 25.3. The van der Waals surface area contributed by atoms with Crippen LogP contribution in [0.2, 0.25) is 0 Å². The monoisotopic (exact) mass is 560 g/mol. The largest absolute Gasteiger partial charge is 0.435 e. The number of oxazole rings is 1. The van der Waals surface area contributed by atoms with Crippen molar-refractivity contribution in [2.45, 2.75) is 51.1 Å². The Kier molecular flexibility index (Phi) is 6.28. The maximum absolute atomic E-state index is 12.9. The van der Waals surface area contributed by atoms with Crippen molar-refractivity contribution in [2.75, 3.05) is 13.1 Å². The van der Waals surface area contributed by atoms with Crippen LogP contribution < -0.4 is 5.76 Å². The Morgan fingerprint density at radius 3 is 2.72 bits per heavy atom. The Morgan fingerprint density at radius 2 is 1.97 bits per heavy atom. The predicted octanol–water partition coefficient (Wildman–Crippen LogP) is 4.30. The highest BCUT2D eigenvalue weighted by atomic mass is 32.1. The van der Waals surface area contributed by atoms with Gasteiger partial charge in [-0.1, -0.05) is 17.3 Å². The van der Waals surface area contributed by atoms with Gasteiger partial charge in [0, 0.05) is 30.1 Å². The standard InChI is InChI=1S/C25H23F3N6O4S/c1-14-10-20(25(26,27)28)30-33(14)12-21(35)32-8-6-15(7-9-32)23-29-17(13-39-23)16-11-22(38-31-16)34-18-4-2-3-5-19(18)37-24(34)36/h2-5,10,13,15,22H,6-9,11-12H2,1H3. The highest BCUT2D eigenvalue weighted by Crippen LogP contribution is 2.33. The minimum Gasteiger partial charge on any atom is -0.408 e. The summed E-state index contributed by atoms with van der Waals surface area (Å²) in [5.41, 5.74) is 1.72. The first-order chi connectivity index (χ1) is 18.7. The van der Waals surface area contributed by atoms with Gasteiger partial charge in [-0.25, -0.2) is 14.3 Å². The van der Waals surface area contributed by atoms with Gasteiger partial charge in [0.25, 0.3) is 0 Å². The fourth-order valence-electron chi connectivity index (χ4n) is 4.93. The van der Waals surface area contributed by atoms with E-state index < -0.39 is 23.9 Å². The van der Waals surface area contributed by atoms with E-state index in [2.05, 4.69) is 10.3 Å². The number of oxime groups is 1. The smallest absolute Gasteiger partial charge is 0.408 e. The van der Waals surface area contributed by atoms with Gasteiger partial charge in [-0.15, -0.1) is 11.3 Å². The molecule has 10 nitrogen and oxygen atoms in total. The summed E-state index contributed by atoms with van der Waals surface area (Å²) in [6.07, 6.45) is -3.44. The molecule has 0 radical (unpaired) electrons. The Balaban J connectivity index is 1.06. The maximum atomic E-state index is 12.9. The number of amides is 1. The fraction of sp³-hybridized carbons (Fsp3) is 0.400. The van der Waals surface area contributed by atoms with Crippen molar-refractivity contribution in [1.82, 2.24) is 24.2 Å². The molecule has 1 fully saturated rings. The molecule has 0 bridgehead atoms. The van der Waals surface area contributed by atoms with Crippen molar-refractivity contribution >= 4 is 34.1 Å². The third-order valence-corrected chi connectivity index (χ3v) is 8.04. The third-order valence-electron chi connectivity index (χ3n) is 7.03. The second-order valence-electron chi connectivity index (χ2n) is 9.56. The van der Waals surface area contributed by atoms with Crippen molar-refractivity contribution < 1.29 is 27.2 Å². The number of aromatic nitrogens is 4. The van der Waals surface area contributed by atoms with Crippen molar-refractivity contribution in [3.8, 4) is 0 Å². The number of benzene rings is 1. The number of piperidine rings is 1. The molecule has 5 heterocycles. The number of carbonyl (C=O) groups is 1. The number of rotatable bonds is 5. The second kappa shape index (κ2) is 9.67. The Labute approximate surface area is 223 Å². The number of alkyl halides is 3. The van der Waals surface area contributed by atoms with Gasteiger partial charge in [0.05, 0.1) is 22.6 Å².